The molecule has 0 spiro atoms. The minimum absolute atomic E-state index is 0.128. The van der Waals surface area contributed by atoms with E-state index < -0.39 is 0 Å². The Morgan fingerprint density at radius 1 is 1.20 bits per heavy atom. The topological polar surface area (TPSA) is 64.7 Å². The highest BCUT2D eigenvalue weighted by atomic mass is 79.9. The van der Waals surface area contributed by atoms with Gasteiger partial charge in [0.25, 0.3) is 0 Å². The normalized spacial score (nSPS) is 10.9. The molecule has 7 heteroatoms. The van der Waals surface area contributed by atoms with Gasteiger partial charge in [-0.3, -0.25) is 14.2 Å². The number of amides is 1. The van der Waals surface area contributed by atoms with Gasteiger partial charge in [0, 0.05) is 6.20 Å². The second-order valence-electron chi connectivity index (χ2n) is 6.09. The third-order valence-corrected chi connectivity index (χ3v) is 4.42. The number of carbonyl (C=O) groups is 1. The maximum Gasteiger partial charge on any atom is 0.246 e. The number of hydrogen-bond acceptors (Lipinski definition) is 3. The zero-order chi connectivity index (χ0) is 18.0. The molecule has 0 radical (unpaired) electrons. The summed E-state index contributed by atoms with van der Waals surface area (Å²) >= 11 is 3.32. The summed E-state index contributed by atoms with van der Waals surface area (Å²) in [5.74, 6) is -0.128. The van der Waals surface area contributed by atoms with Crippen LogP contribution in [0.3, 0.4) is 0 Å². The minimum Gasteiger partial charge on any atom is -0.321 e. The number of benzene rings is 1. The SMILES string of the molecule is Cc1ccc(Cn2nc(C)c(NC(=O)Cn3cc(Br)cn3)c2C)cc1. The van der Waals surface area contributed by atoms with Crippen molar-refractivity contribution in [1.82, 2.24) is 19.6 Å². The van der Waals surface area contributed by atoms with Gasteiger partial charge in [-0.25, -0.2) is 0 Å². The van der Waals surface area contributed by atoms with Gasteiger partial charge < -0.3 is 5.32 Å². The standard InChI is InChI=1S/C18H20BrN5O/c1-12-4-6-15(7-5-12)9-24-14(3)18(13(2)22-24)21-17(25)11-23-10-16(19)8-20-23/h4-8,10H,9,11H2,1-3H3,(H,21,25). The second-order valence-corrected chi connectivity index (χ2v) is 7.01. The molecule has 1 amide bonds. The fourth-order valence-corrected chi connectivity index (χ4v) is 2.98. The molecular formula is C18H20BrN5O. The second kappa shape index (κ2) is 7.23. The highest BCUT2D eigenvalue weighted by molar-refractivity contribution is 9.10. The lowest BCUT2D eigenvalue weighted by molar-refractivity contribution is -0.116. The summed E-state index contributed by atoms with van der Waals surface area (Å²) < 4.78 is 4.35. The Bertz CT molecular complexity index is 895. The molecule has 2 aromatic heterocycles. The largest absolute Gasteiger partial charge is 0.321 e. The van der Waals surface area contributed by atoms with E-state index >= 15 is 0 Å². The van der Waals surface area contributed by atoms with Crippen LogP contribution in [0.5, 0.6) is 0 Å². The Hall–Kier alpha value is -2.41. The highest BCUT2D eigenvalue weighted by Crippen LogP contribution is 2.20. The molecular weight excluding hydrogens is 382 g/mol. The monoisotopic (exact) mass is 401 g/mol. The Labute approximate surface area is 155 Å². The lowest BCUT2D eigenvalue weighted by Crippen LogP contribution is -2.19. The summed E-state index contributed by atoms with van der Waals surface area (Å²) in [5.41, 5.74) is 4.92. The molecule has 25 heavy (non-hydrogen) atoms. The Kier molecular flexibility index (Phi) is 5.03. The minimum atomic E-state index is -0.128. The lowest BCUT2D eigenvalue weighted by atomic mass is 10.1. The molecule has 0 aliphatic heterocycles. The summed E-state index contributed by atoms with van der Waals surface area (Å²) in [5, 5.41) is 11.6. The predicted octanol–water partition coefficient (Wildman–Crippen LogP) is 3.45. The van der Waals surface area contributed by atoms with E-state index in [9.17, 15) is 4.79 Å². The van der Waals surface area contributed by atoms with E-state index in [2.05, 4.69) is 62.6 Å². The van der Waals surface area contributed by atoms with Crippen molar-refractivity contribution < 1.29 is 4.79 Å². The smallest absolute Gasteiger partial charge is 0.246 e. The first-order valence-electron chi connectivity index (χ1n) is 7.99. The molecule has 0 atom stereocenters. The molecule has 0 saturated heterocycles. The first-order chi connectivity index (χ1) is 11.9. The molecule has 3 rings (SSSR count). The predicted molar refractivity (Wildman–Crippen MR) is 101 cm³/mol. The Morgan fingerprint density at radius 3 is 2.56 bits per heavy atom. The van der Waals surface area contributed by atoms with Crippen LogP contribution in [0.4, 0.5) is 5.69 Å². The van der Waals surface area contributed by atoms with Gasteiger partial charge in [0.05, 0.1) is 34.3 Å². The zero-order valence-corrected chi connectivity index (χ0v) is 16.0. The van der Waals surface area contributed by atoms with Crippen molar-refractivity contribution in [2.45, 2.75) is 33.9 Å². The molecule has 0 aliphatic rings. The van der Waals surface area contributed by atoms with Crippen molar-refractivity contribution in [3.05, 3.63) is 63.6 Å². The van der Waals surface area contributed by atoms with Crippen LogP contribution in [-0.2, 0) is 17.9 Å². The first-order valence-corrected chi connectivity index (χ1v) is 8.79. The molecule has 0 bridgehead atoms. The lowest BCUT2D eigenvalue weighted by Gasteiger charge is -2.08. The van der Waals surface area contributed by atoms with Crippen molar-refractivity contribution >= 4 is 27.5 Å². The van der Waals surface area contributed by atoms with Gasteiger partial charge in [0.1, 0.15) is 6.54 Å². The number of nitrogens with zero attached hydrogens (tertiary/aromatic N) is 4. The van der Waals surface area contributed by atoms with Gasteiger partial charge in [-0.2, -0.15) is 10.2 Å². The summed E-state index contributed by atoms with van der Waals surface area (Å²) in [6.45, 7) is 6.77. The molecule has 0 saturated carbocycles. The number of carbonyl (C=O) groups excluding carboxylic acids is 1. The van der Waals surface area contributed by atoms with E-state index in [1.54, 1.807) is 17.1 Å². The molecule has 0 fully saturated rings. The third-order valence-electron chi connectivity index (χ3n) is 4.01. The van der Waals surface area contributed by atoms with Gasteiger partial charge in [-0.1, -0.05) is 29.8 Å². The molecule has 0 aliphatic carbocycles. The quantitative estimate of drug-likeness (QED) is 0.711. The molecule has 2 heterocycles. The van der Waals surface area contributed by atoms with Crippen molar-refractivity contribution in [3.63, 3.8) is 0 Å². The van der Waals surface area contributed by atoms with E-state index in [1.807, 2.05) is 18.5 Å². The Balaban J connectivity index is 1.72. The van der Waals surface area contributed by atoms with Gasteiger partial charge in [-0.05, 0) is 42.3 Å². The fraction of sp³-hybridized carbons (Fsp3) is 0.278. The van der Waals surface area contributed by atoms with Gasteiger partial charge in [-0.15, -0.1) is 0 Å². The number of aromatic nitrogens is 4. The zero-order valence-electron chi connectivity index (χ0n) is 14.5. The van der Waals surface area contributed by atoms with E-state index in [-0.39, 0.29) is 12.5 Å². The van der Waals surface area contributed by atoms with Crippen LogP contribution in [0.25, 0.3) is 0 Å². The molecule has 3 aromatic rings. The average Bonchev–Trinajstić information content (AvgIpc) is 3.08. The first kappa shape index (κ1) is 17.4. The maximum atomic E-state index is 12.3. The van der Waals surface area contributed by atoms with E-state index in [1.165, 1.54) is 11.1 Å². The van der Waals surface area contributed by atoms with Gasteiger partial charge >= 0.3 is 0 Å². The van der Waals surface area contributed by atoms with E-state index in [0.29, 0.717) is 6.54 Å². The number of anilines is 1. The maximum absolute atomic E-state index is 12.3. The summed E-state index contributed by atoms with van der Waals surface area (Å²) in [6, 6.07) is 8.37. The van der Waals surface area contributed by atoms with Crippen LogP contribution in [0, 0.1) is 20.8 Å². The Morgan fingerprint density at radius 2 is 1.92 bits per heavy atom. The summed E-state index contributed by atoms with van der Waals surface area (Å²) in [6.07, 6.45) is 3.42. The van der Waals surface area contributed by atoms with Crippen molar-refractivity contribution in [3.8, 4) is 0 Å². The summed E-state index contributed by atoms with van der Waals surface area (Å²) in [4.78, 5) is 12.3. The van der Waals surface area contributed by atoms with Gasteiger partial charge in [0.15, 0.2) is 0 Å². The van der Waals surface area contributed by atoms with Crippen LogP contribution < -0.4 is 5.32 Å². The van der Waals surface area contributed by atoms with E-state index in [4.69, 9.17) is 0 Å². The van der Waals surface area contributed by atoms with Crippen LogP contribution in [0.1, 0.15) is 22.5 Å². The molecule has 6 nitrogen and oxygen atoms in total. The van der Waals surface area contributed by atoms with Crippen LogP contribution in [-0.4, -0.2) is 25.5 Å². The fourth-order valence-electron chi connectivity index (χ4n) is 2.65. The molecule has 1 N–H and O–H groups in total. The third kappa shape index (κ3) is 4.17. The molecule has 1 aromatic carbocycles. The number of aryl methyl sites for hydroxylation is 2. The van der Waals surface area contributed by atoms with Crippen LogP contribution >= 0.6 is 15.9 Å². The number of halogens is 1. The van der Waals surface area contributed by atoms with Crippen molar-refractivity contribution in [1.29, 1.82) is 0 Å². The number of nitrogens with one attached hydrogen (secondary N) is 1. The van der Waals surface area contributed by atoms with Crippen LogP contribution in [0.2, 0.25) is 0 Å². The summed E-state index contributed by atoms with van der Waals surface area (Å²) in [7, 11) is 0. The molecule has 0 unspecified atom stereocenters. The van der Waals surface area contributed by atoms with Crippen molar-refractivity contribution in [2.24, 2.45) is 0 Å². The number of rotatable bonds is 5. The molecule has 130 valence electrons. The van der Waals surface area contributed by atoms with Crippen LogP contribution in [0.15, 0.2) is 41.1 Å². The number of hydrogen-bond donors (Lipinski definition) is 1. The van der Waals surface area contributed by atoms with E-state index in [0.717, 1.165) is 21.5 Å². The van der Waals surface area contributed by atoms with Gasteiger partial charge in [0.2, 0.25) is 5.91 Å². The highest BCUT2D eigenvalue weighted by Gasteiger charge is 2.15. The van der Waals surface area contributed by atoms with Crippen molar-refractivity contribution in [2.75, 3.05) is 5.32 Å². The average molecular weight is 402 g/mol.